The van der Waals surface area contributed by atoms with E-state index in [1.165, 1.54) is 0 Å². The quantitative estimate of drug-likeness (QED) is 0.782. The Morgan fingerprint density at radius 1 is 1.24 bits per heavy atom. The Labute approximate surface area is 126 Å². The van der Waals surface area contributed by atoms with Gasteiger partial charge < -0.3 is 5.73 Å². The summed E-state index contributed by atoms with van der Waals surface area (Å²) in [5.74, 6) is 0.239. The van der Waals surface area contributed by atoms with Gasteiger partial charge in [-0.05, 0) is 42.1 Å². The van der Waals surface area contributed by atoms with Gasteiger partial charge in [-0.15, -0.1) is 11.3 Å². The van der Waals surface area contributed by atoms with Crippen LogP contribution in [0, 0.1) is 18.3 Å². The highest BCUT2D eigenvalue weighted by atomic mass is 32.1. The van der Waals surface area contributed by atoms with Crippen LogP contribution in [0.25, 0.3) is 21.8 Å². The predicted molar refractivity (Wildman–Crippen MR) is 84.6 cm³/mol. The molecular formula is C16H12N4S. The number of aryl methyl sites for hydroxylation is 1. The van der Waals surface area contributed by atoms with Crippen LogP contribution in [0.5, 0.6) is 0 Å². The topological polar surface area (TPSA) is 75.6 Å². The average Bonchev–Trinajstić information content (AvgIpc) is 2.93. The molecule has 0 saturated heterocycles. The van der Waals surface area contributed by atoms with Crippen LogP contribution in [0.15, 0.2) is 41.9 Å². The van der Waals surface area contributed by atoms with E-state index in [-0.39, 0.29) is 5.82 Å². The molecule has 0 unspecified atom stereocenters. The van der Waals surface area contributed by atoms with Crippen LogP contribution >= 0.6 is 11.3 Å². The van der Waals surface area contributed by atoms with Crippen molar-refractivity contribution >= 4 is 17.2 Å². The summed E-state index contributed by atoms with van der Waals surface area (Å²) in [5.41, 5.74) is 9.74. The number of nitrogen functional groups attached to an aromatic ring is 1. The molecule has 0 spiro atoms. The summed E-state index contributed by atoms with van der Waals surface area (Å²) in [6.45, 7) is 2.02. The highest BCUT2D eigenvalue weighted by molar-refractivity contribution is 7.13. The molecule has 4 nitrogen and oxygen atoms in total. The van der Waals surface area contributed by atoms with E-state index in [0.717, 1.165) is 21.7 Å². The number of hydrogen-bond acceptors (Lipinski definition) is 5. The maximum atomic E-state index is 9.37. The highest BCUT2D eigenvalue weighted by Crippen LogP contribution is 2.35. The Bertz CT molecular complexity index is 831. The first-order valence-electron chi connectivity index (χ1n) is 6.37. The lowest BCUT2D eigenvalue weighted by Gasteiger charge is -2.09. The van der Waals surface area contributed by atoms with Crippen LogP contribution in [0.2, 0.25) is 0 Å². The molecule has 3 rings (SSSR count). The average molecular weight is 292 g/mol. The molecule has 0 bridgehead atoms. The van der Waals surface area contributed by atoms with Crippen LogP contribution in [0.3, 0.4) is 0 Å². The number of anilines is 1. The van der Waals surface area contributed by atoms with Crippen molar-refractivity contribution in [3.8, 4) is 27.9 Å². The first kappa shape index (κ1) is 13.3. The molecule has 5 heteroatoms. The van der Waals surface area contributed by atoms with E-state index in [1.54, 1.807) is 17.5 Å². The number of thiophene rings is 1. The summed E-state index contributed by atoms with van der Waals surface area (Å²) < 4.78 is 0. The van der Waals surface area contributed by atoms with Crippen molar-refractivity contribution in [3.05, 3.63) is 53.0 Å². The van der Waals surface area contributed by atoms with E-state index < -0.39 is 0 Å². The number of aromatic nitrogens is 2. The van der Waals surface area contributed by atoms with Gasteiger partial charge in [0.1, 0.15) is 17.5 Å². The molecule has 102 valence electrons. The molecule has 0 saturated carbocycles. The lowest BCUT2D eigenvalue weighted by atomic mass is 10.0. The Balaban J connectivity index is 2.26. The second-order valence-electron chi connectivity index (χ2n) is 4.57. The van der Waals surface area contributed by atoms with Crippen molar-refractivity contribution in [3.63, 3.8) is 0 Å². The summed E-state index contributed by atoms with van der Waals surface area (Å²) in [5, 5.41) is 11.4. The van der Waals surface area contributed by atoms with Gasteiger partial charge in [-0.25, -0.2) is 4.98 Å². The van der Waals surface area contributed by atoms with Gasteiger partial charge >= 0.3 is 0 Å². The SMILES string of the molecule is Cc1ccsc1-c1cc(-c2ccccn2)nc(N)c1C#N. The first-order valence-corrected chi connectivity index (χ1v) is 7.25. The smallest absolute Gasteiger partial charge is 0.142 e. The Morgan fingerprint density at radius 3 is 2.71 bits per heavy atom. The van der Waals surface area contributed by atoms with Gasteiger partial charge in [-0.2, -0.15) is 5.26 Å². The molecule has 0 aliphatic rings. The number of nitrogens with zero attached hydrogens (tertiary/aromatic N) is 3. The number of nitriles is 1. The van der Waals surface area contributed by atoms with Crippen LogP contribution in [-0.4, -0.2) is 9.97 Å². The van der Waals surface area contributed by atoms with Gasteiger partial charge in [0.05, 0.1) is 11.4 Å². The maximum absolute atomic E-state index is 9.37. The van der Waals surface area contributed by atoms with E-state index in [1.807, 2.05) is 42.6 Å². The third kappa shape index (κ3) is 2.37. The fourth-order valence-electron chi connectivity index (χ4n) is 2.16. The monoisotopic (exact) mass is 292 g/mol. The third-order valence-electron chi connectivity index (χ3n) is 3.19. The lowest BCUT2D eigenvalue weighted by molar-refractivity contribution is 1.24. The molecule has 0 atom stereocenters. The number of nitrogens with two attached hydrogens (primary N) is 1. The lowest BCUT2D eigenvalue weighted by Crippen LogP contribution is -2.00. The molecule has 0 aliphatic carbocycles. The van der Waals surface area contributed by atoms with Crippen molar-refractivity contribution < 1.29 is 0 Å². The van der Waals surface area contributed by atoms with Crippen molar-refractivity contribution in [2.45, 2.75) is 6.92 Å². The van der Waals surface area contributed by atoms with E-state index in [2.05, 4.69) is 16.0 Å². The van der Waals surface area contributed by atoms with Crippen LogP contribution < -0.4 is 5.73 Å². The summed E-state index contributed by atoms with van der Waals surface area (Å²) in [6.07, 6.45) is 1.71. The molecular weight excluding hydrogens is 280 g/mol. The summed E-state index contributed by atoms with van der Waals surface area (Å²) in [7, 11) is 0. The Hall–Kier alpha value is -2.71. The summed E-state index contributed by atoms with van der Waals surface area (Å²) in [6, 6.07) is 11.7. The molecule has 3 aromatic heterocycles. The molecule has 0 amide bonds. The van der Waals surface area contributed by atoms with E-state index >= 15 is 0 Å². The zero-order valence-corrected chi connectivity index (χ0v) is 12.2. The number of rotatable bonds is 2. The number of hydrogen-bond donors (Lipinski definition) is 1. The maximum Gasteiger partial charge on any atom is 0.142 e. The first-order chi connectivity index (χ1) is 10.2. The van der Waals surface area contributed by atoms with E-state index in [4.69, 9.17) is 5.73 Å². The molecule has 3 heterocycles. The second-order valence-corrected chi connectivity index (χ2v) is 5.49. The predicted octanol–water partition coefficient (Wildman–Crippen LogP) is 3.63. The largest absolute Gasteiger partial charge is 0.383 e. The van der Waals surface area contributed by atoms with Crippen LogP contribution in [-0.2, 0) is 0 Å². The van der Waals surface area contributed by atoms with Crippen molar-refractivity contribution in [1.82, 2.24) is 9.97 Å². The van der Waals surface area contributed by atoms with Crippen LogP contribution in [0.1, 0.15) is 11.1 Å². The minimum absolute atomic E-state index is 0.239. The van der Waals surface area contributed by atoms with Crippen molar-refractivity contribution in [1.29, 1.82) is 5.26 Å². The molecule has 2 N–H and O–H groups in total. The minimum atomic E-state index is 0.239. The van der Waals surface area contributed by atoms with Gasteiger partial charge in [0, 0.05) is 16.6 Å². The van der Waals surface area contributed by atoms with Gasteiger partial charge in [0.15, 0.2) is 0 Å². The highest BCUT2D eigenvalue weighted by Gasteiger charge is 2.15. The van der Waals surface area contributed by atoms with Crippen LogP contribution in [0.4, 0.5) is 5.82 Å². The van der Waals surface area contributed by atoms with Crippen molar-refractivity contribution in [2.24, 2.45) is 0 Å². The van der Waals surface area contributed by atoms with Gasteiger partial charge in [-0.3, -0.25) is 4.98 Å². The van der Waals surface area contributed by atoms with Gasteiger partial charge in [-0.1, -0.05) is 6.07 Å². The molecule has 0 aliphatic heterocycles. The summed E-state index contributed by atoms with van der Waals surface area (Å²) in [4.78, 5) is 9.64. The molecule has 0 radical (unpaired) electrons. The van der Waals surface area contributed by atoms with Crippen molar-refractivity contribution in [2.75, 3.05) is 5.73 Å². The molecule has 21 heavy (non-hydrogen) atoms. The zero-order chi connectivity index (χ0) is 14.8. The minimum Gasteiger partial charge on any atom is -0.383 e. The third-order valence-corrected chi connectivity index (χ3v) is 4.24. The molecule has 3 aromatic rings. The molecule has 0 aromatic carbocycles. The Morgan fingerprint density at radius 2 is 2.10 bits per heavy atom. The van der Waals surface area contributed by atoms with E-state index in [0.29, 0.717) is 11.3 Å². The standard InChI is InChI=1S/C16H12N4S/c1-10-5-7-21-15(10)11-8-14(13-4-2-3-6-19-13)20-16(18)12(11)9-17/h2-8H,1H3,(H2,18,20). The number of pyridine rings is 2. The van der Waals surface area contributed by atoms with Gasteiger partial charge in [0.25, 0.3) is 0 Å². The fourth-order valence-corrected chi connectivity index (χ4v) is 3.11. The Kier molecular flexibility index (Phi) is 3.38. The molecule has 0 fully saturated rings. The normalized spacial score (nSPS) is 10.3. The zero-order valence-electron chi connectivity index (χ0n) is 11.4. The van der Waals surface area contributed by atoms with E-state index in [9.17, 15) is 5.26 Å². The van der Waals surface area contributed by atoms with Gasteiger partial charge in [0.2, 0.25) is 0 Å². The second kappa shape index (κ2) is 5.35. The fraction of sp³-hybridized carbons (Fsp3) is 0.0625. The summed E-state index contributed by atoms with van der Waals surface area (Å²) >= 11 is 1.59.